The summed E-state index contributed by atoms with van der Waals surface area (Å²) in [5.41, 5.74) is 0. The standard InChI is InChI=1S/C32H63NO5/c1-5-7-14-18-29(19-15-8-6-2)23-27-35-25-16-12-10-9-11-13-17-26-36-32-21-20-30(38-32)28-37-31(34)22-24-33(3)4/h29-30,32H,5-28H2,1-4H3/t30-,32+/m0/s1. The predicted molar refractivity (Wildman–Crippen MR) is 158 cm³/mol. The topological polar surface area (TPSA) is 57.2 Å². The van der Waals surface area contributed by atoms with Crippen LogP contribution < -0.4 is 0 Å². The van der Waals surface area contributed by atoms with E-state index in [1.54, 1.807) is 0 Å². The summed E-state index contributed by atoms with van der Waals surface area (Å²) in [6.07, 6.45) is 23.0. The zero-order chi connectivity index (χ0) is 27.7. The Kier molecular flexibility index (Phi) is 23.5. The van der Waals surface area contributed by atoms with Crippen LogP contribution in [0.15, 0.2) is 0 Å². The van der Waals surface area contributed by atoms with Crippen LogP contribution >= 0.6 is 0 Å². The van der Waals surface area contributed by atoms with Crippen LogP contribution in [-0.4, -0.2) is 70.3 Å². The molecule has 0 saturated carbocycles. The minimum Gasteiger partial charge on any atom is -0.463 e. The molecular formula is C32H63NO5. The molecule has 0 aromatic carbocycles. The first kappa shape index (κ1) is 35.3. The van der Waals surface area contributed by atoms with Gasteiger partial charge in [0.1, 0.15) is 6.61 Å². The van der Waals surface area contributed by atoms with Gasteiger partial charge in [0.05, 0.1) is 12.5 Å². The number of ether oxygens (including phenoxy) is 4. The Balaban J connectivity index is 1.88. The fourth-order valence-electron chi connectivity index (χ4n) is 5.05. The SMILES string of the molecule is CCCCCC(CCCCC)CCOCCCCCCCCCO[C@H]1CC[C@@H](COC(=O)CCN(C)C)O1. The summed E-state index contributed by atoms with van der Waals surface area (Å²) in [4.78, 5) is 13.7. The Morgan fingerprint density at radius 1 is 0.789 bits per heavy atom. The van der Waals surface area contributed by atoms with Gasteiger partial charge in [-0.05, 0) is 45.7 Å². The van der Waals surface area contributed by atoms with Crippen LogP contribution in [0.2, 0.25) is 0 Å². The maximum atomic E-state index is 11.7. The zero-order valence-corrected chi connectivity index (χ0v) is 25.7. The lowest BCUT2D eigenvalue weighted by Gasteiger charge is -2.17. The van der Waals surface area contributed by atoms with Gasteiger partial charge in [-0.1, -0.05) is 97.3 Å². The zero-order valence-electron chi connectivity index (χ0n) is 25.7. The third-order valence-corrected chi connectivity index (χ3v) is 7.60. The van der Waals surface area contributed by atoms with Gasteiger partial charge in [0, 0.05) is 32.8 Å². The maximum Gasteiger partial charge on any atom is 0.307 e. The first-order chi connectivity index (χ1) is 18.5. The van der Waals surface area contributed by atoms with Gasteiger partial charge in [-0.3, -0.25) is 4.79 Å². The second-order valence-corrected chi connectivity index (χ2v) is 11.6. The van der Waals surface area contributed by atoms with Gasteiger partial charge in [0.15, 0.2) is 6.29 Å². The molecule has 6 nitrogen and oxygen atoms in total. The van der Waals surface area contributed by atoms with Crippen molar-refractivity contribution in [2.75, 3.05) is 47.1 Å². The Morgan fingerprint density at radius 2 is 1.42 bits per heavy atom. The fourth-order valence-corrected chi connectivity index (χ4v) is 5.05. The first-order valence-electron chi connectivity index (χ1n) is 16.2. The molecule has 0 aromatic rings. The van der Waals surface area contributed by atoms with Crippen molar-refractivity contribution in [3.8, 4) is 0 Å². The van der Waals surface area contributed by atoms with E-state index in [2.05, 4.69) is 13.8 Å². The van der Waals surface area contributed by atoms with Crippen LogP contribution in [0.25, 0.3) is 0 Å². The molecule has 1 aliphatic rings. The van der Waals surface area contributed by atoms with Crippen molar-refractivity contribution in [3.05, 3.63) is 0 Å². The number of nitrogens with zero attached hydrogens (tertiary/aromatic N) is 1. The van der Waals surface area contributed by atoms with Crippen LogP contribution in [0.4, 0.5) is 0 Å². The molecule has 0 N–H and O–H groups in total. The van der Waals surface area contributed by atoms with Crippen LogP contribution in [0.5, 0.6) is 0 Å². The highest BCUT2D eigenvalue weighted by molar-refractivity contribution is 5.69. The van der Waals surface area contributed by atoms with Crippen molar-refractivity contribution in [2.24, 2.45) is 5.92 Å². The monoisotopic (exact) mass is 541 g/mol. The van der Waals surface area contributed by atoms with E-state index in [1.165, 1.54) is 96.3 Å². The van der Waals surface area contributed by atoms with E-state index >= 15 is 0 Å². The Hall–Kier alpha value is -0.690. The van der Waals surface area contributed by atoms with Gasteiger partial charge in [-0.15, -0.1) is 0 Å². The molecule has 1 saturated heterocycles. The summed E-state index contributed by atoms with van der Waals surface area (Å²) in [5, 5.41) is 0. The van der Waals surface area contributed by atoms with Crippen molar-refractivity contribution in [1.82, 2.24) is 4.90 Å². The van der Waals surface area contributed by atoms with E-state index < -0.39 is 0 Å². The second-order valence-electron chi connectivity index (χ2n) is 11.6. The van der Waals surface area contributed by atoms with Crippen molar-refractivity contribution >= 4 is 5.97 Å². The summed E-state index contributed by atoms with van der Waals surface area (Å²) in [6, 6.07) is 0. The van der Waals surface area contributed by atoms with Crippen molar-refractivity contribution < 1.29 is 23.7 Å². The number of hydrogen-bond donors (Lipinski definition) is 0. The molecule has 0 amide bonds. The average Bonchev–Trinajstić information content (AvgIpc) is 3.36. The largest absolute Gasteiger partial charge is 0.463 e. The molecule has 38 heavy (non-hydrogen) atoms. The molecule has 6 heteroatoms. The lowest BCUT2D eigenvalue weighted by Crippen LogP contribution is -2.23. The van der Waals surface area contributed by atoms with Gasteiger partial charge >= 0.3 is 5.97 Å². The molecule has 1 rings (SSSR count). The first-order valence-corrected chi connectivity index (χ1v) is 16.2. The number of unbranched alkanes of at least 4 members (excludes halogenated alkanes) is 10. The Bertz CT molecular complexity index is 520. The minimum absolute atomic E-state index is 0.0229. The average molecular weight is 542 g/mol. The predicted octanol–water partition coefficient (Wildman–Crippen LogP) is 7.92. The highest BCUT2D eigenvalue weighted by atomic mass is 16.7. The van der Waals surface area contributed by atoms with Gasteiger partial charge in [-0.2, -0.15) is 0 Å². The molecule has 0 radical (unpaired) electrons. The fraction of sp³-hybridized carbons (Fsp3) is 0.969. The van der Waals surface area contributed by atoms with Crippen LogP contribution in [0, 0.1) is 5.92 Å². The van der Waals surface area contributed by atoms with E-state index in [9.17, 15) is 4.79 Å². The molecule has 0 unspecified atom stereocenters. The second kappa shape index (κ2) is 25.3. The smallest absolute Gasteiger partial charge is 0.307 e. The number of hydrogen-bond acceptors (Lipinski definition) is 6. The highest BCUT2D eigenvalue weighted by Gasteiger charge is 2.26. The Morgan fingerprint density at radius 3 is 2.05 bits per heavy atom. The van der Waals surface area contributed by atoms with E-state index in [1.807, 2.05) is 19.0 Å². The molecule has 1 heterocycles. The molecule has 226 valence electrons. The summed E-state index contributed by atoms with van der Waals surface area (Å²) in [7, 11) is 3.90. The molecule has 2 atom stereocenters. The van der Waals surface area contributed by atoms with Crippen LogP contribution in [0.3, 0.4) is 0 Å². The van der Waals surface area contributed by atoms with Gasteiger partial charge in [-0.25, -0.2) is 0 Å². The van der Waals surface area contributed by atoms with Crippen molar-refractivity contribution in [1.29, 1.82) is 0 Å². The van der Waals surface area contributed by atoms with E-state index in [0.717, 1.165) is 45.0 Å². The molecule has 0 aromatic heterocycles. The minimum atomic E-state index is -0.154. The number of esters is 1. The quantitative estimate of drug-likeness (QED) is 0.0778. The van der Waals surface area contributed by atoms with Crippen molar-refractivity contribution in [3.63, 3.8) is 0 Å². The summed E-state index contributed by atoms with van der Waals surface area (Å²) in [6.45, 7) is 8.29. The summed E-state index contributed by atoms with van der Waals surface area (Å²) >= 11 is 0. The molecule has 0 bridgehead atoms. The van der Waals surface area contributed by atoms with Crippen LogP contribution in [-0.2, 0) is 23.7 Å². The van der Waals surface area contributed by atoms with E-state index in [0.29, 0.717) is 19.6 Å². The number of rotatable bonds is 27. The molecule has 0 aliphatic carbocycles. The molecule has 1 fully saturated rings. The number of carbonyl (C=O) groups excluding carboxylic acids is 1. The third-order valence-electron chi connectivity index (χ3n) is 7.60. The maximum absolute atomic E-state index is 11.7. The summed E-state index contributed by atoms with van der Waals surface area (Å²) < 4.78 is 23.1. The van der Waals surface area contributed by atoms with Gasteiger partial charge in [0.25, 0.3) is 0 Å². The summed E-state index contributed by atoms with van der Waals surface area (Å²) in [5.74, 6) is 0.722. The highest BCUT2D eigenvalue weighted by Crippen LogP contribution is 2.22. The number of carbonyl (C=O) groups is 1. The molecular weight excluding hydrogens is 478 g/mol. The van der Waals surface area contributed by atoms with Crippen molar-refractivity contribution in [2.45, 2.75) is 148 Å². The van der Waals surface area contributed by atoms with Gasteiger partial charge in [0.2, 0.25) is 0 Å². The lowest BCUT2D eigenvalue weighted by molar-refractivity contribution is -0.160. The van der Waals surface area contributed by atoms with E-state index in [4.69, 9.17) is 18.9 Å². The van der Waals surface area contributed by atoms with Crippen LogP contribution in [0.1, 0.15) is 136 Å². The lowest BCUT2D eigenvalue weighted by atomic mass is 9.92. The molecule has 1 aliphatic heterocycles. The Labute approximate surface area is 235 Å². The van der Waals surface area contributed by atoms with Gasteiger partial charge < -0.3 is 23.8 Å². The normalized spacial score (nSPS) is 17.6. The third kappa shape index (κ3) is 21.2. The van der Waals surface area contributed by atoms with E-state index in [-0.39, 0.29) is 18.4 Å². The molecule has 0 spiro atoms.